The fraction of sp³-hybridized carbons (Fsp3) is 0.158. The molecule has 2 aromatic carbocycles. The van der Waals surface area contributed by atoms with Gasteiger partial charge in [0, 0.05) is 12.0 Å². The van der Waals surface area contributed by atoms with E-state index in [9.17, 15) is 4.39 Å². The highest BCUT2D eigenvalue weighted by atomic mass is 19.1. The van der Waals surface area contributed by atoms with Crippen molar-refractivity contribution in [2.24, 2.45) is 5.16 Å². The number of rotatable bonds is 6. The van der Waals surface area contributed by atoms with Crippen molar-refractivity contribution >= 4 is 6.21 Å². The van der Waals surface area contributed by atoms with Crippen LogP contribution in [-0.2, 0) is 13.0 Å². The fourth-order valence-electron chi connectivity index (χ4n) is 2.65. The van der Waals surface area contributed by atoms with Gasteiger partial charge in [0.15, 0.2) is 0 Å². The molecule has 0 unspecified atom stereocenters. The van der Waals surface area contributed by atoms with E-state index in [1.54, 1.807) is 36.2 Å². The summed E-state index contributed by atoms with van der Waals surface area (Å²) in [6, 6.07) is 14.3. The predicted molar refractivity (Wildman–Crippen MR) is 92.9 cm³/mol. The quantitative estimate of drug-likeness (QED) is 0.425. The van der Waals surface area contributed by atoms with Crippen LogP contribution in [0.3, 0.4) is 0 Å². The van der Waals surface area contributed by atoms with Gasteiger partial charge < -0.3 is 9.94 Å². The first kappa shape index (κ1) is 16.7. The van der Waals surface area contributed by atoms with E-state index in [-0.39, 0.29) is 5.82 Å². The topological polar surface area (TPSA) is 59.6 Å². The molecule has 0 atom stereocenters. The van der Waals surface area contributed by atoms with Crippen LogP contribution in [-0.4, -0.2) is 28.3 Å². The highest BCUT2D eigenvalue weighted by Gasteiger charge is 2.13. The van der Waals surface area contributed by atoms with Gasteiger partial charge in [0.05, 0.1) is 31.8 Å². The molecule has 3 rings (SSSR count). The minimum absolute atomic E-state index is 0.272. The van der Waals surface area contributed by atoms with Gasteiger partial charge in [-0.05, 0) is 29.3 Å². The van der Waals surface area contributed by atoms with Crippen LogP contribution in [0.5, 0.6) is 5.75 Å². The molecule has 1 aromatic heterocycles. The lowest BCUT2D eigenvalue weighted by molar-refractivity contribution is 0.322. The van der Waals surface area contributed by atoms with Gasteiger partial charge in [-0.2, -0.15) is 5.10 Å². The maximum atomic E-state index is 14.0. The molecule has 0 saturated heterocycles. The predicted octanol–water partition coefficient (Wildman–Crippen LogP) is 3.48. The molecular formula is C19H18FN3O2. The molecule has 6 heteroatoms. The molecule has 0 spiro atoms. The molecule has 0 aliphatic rings. The van der Waals surface area contributed by atoms with E-state index in [2.05, 4.69) is 10.3 Å². The zero-order valence-corrected chi connectivity index (χ0v) is 13.8. The summed E-state index contributed by atoms with van der Waals surface area (Å²) in [4.78, 5) is 0. The van der Waals surface area contributed by atoms with Crippen LogP contribution in [0.4, 0.5) is 4.39 Å². The zero-order chi connectivity index (χ0) is 17.6. The Balaban J connectivity index is 1.92. The van der Waals surface area contributed by atoms with Crippen molar-refractivity contribution in [2.75, 3.05) is 7.11 Å². The Morgan fingerprint density at radius 1 is 1.20 bits per heavy atom. The molecule has 0 aliphatic heterocycles. The van der Waals surface area contributed by atoms with Crippen molar-refractivity contribution in [1.82, 2.24) is 9.78 Å². The number of aromatic nitrogens is 2. The van der Waals surface area contributed by atoms with E-state index in [1.807, 2.05) is 24.3 Å². The lowest BCUT2D eigenvalue weighted by Gasteiger charge is -2.10. The van der Waals surface area contributed by atoms with Crippen molar-refractivity contribution in [2.45, 2.75) is 13.0 Å². The second-order valence-corrected chi connectivity index (χ2v) is 5.57. The largest absolute Gasteiger partial charge is 0.497 e. The molecule has 1 N–H and O–H groups in total. The molecule has 3 aromatic rings. The molecule has 5 nitrogen and oxygen atoms in total. The summed E-state index contributed by atoms with van der Waals surface area (Å²) in [5.41, 5.74) is 3.02. The van der Waals surface area contributed by atoms with Gasteiger partial charge in [-0.3, -0.25) is 4.68 Å². The molecule has 0 amide bonds. The molecule has 128 valence electrons. The number of benzene rings is 2. The van der Waals surface area contributed by atoms with Crippen LogP contribution in [0.25, 0.3) is 0 Å². The number of ether oxygens (including phenoxy) is 1. The summed E-state index contributed by atoms with van der Waals surface area (Å²) < 4.78 is 21.0. The number of nitrogens with zero attached hydrogens (tertiary/aromatic N) is 3. The Morgan fingerprint density at radius 2 is 1.96 bits per heavy atom. The van der Waals surface area contributed by atoms with Crippen molar-refractivity contribution in [1.29, 1.82) is 0 Å². The normalized spacial score (nSPS) is 11.1. The third kappa shape index (κ3) is 3.85. The summed E-state index contributed by atoms with van der Waals surface area (Å²) in [6.07, 6.45) is 3.28. The van der Waals surface area contributed by atoms with Crippen LogP contribution in [0.1, 0.15) is 22.4 Å². The molecule has 0 saturated carbocycles. The summed E-state index contributed by atoms with van der Waals surface area (Å²) in [6.45, 7) is 0.521. The first-order valence-electron chi connectivity index (χ1n) is 7.79. The van der Waals surface area contributed by atoms with Gasteiger partial charge in [0.25, 0.3) is 0 Å². The first-order chi connectivity index (χ1) is 12.2. The van der Waals surface area contributed by atoms with Crippen LogP contribution >= 0.6 is 0 Å². The van der Waals surface area contributed by atoms with E-state index < -0.39 is 0 Å². The zero-order valence-electron chi connectivity index (χ0n) is 13.8. The highest BCUT2D eigenvalue weighted by molar-refractivity contribution is 5.80. The van der Waals surface area contributed by atoms with Crippen molar-refractivity contribution in [3.63, 3.8) is 0 Å². The number of halogens is 1. The van der Waals surface area contributed by atoms with E-state index in [0.29, 0.717) is 24.1 Å². The standard InChI is InChI=1S/C19H18FN3O2/c1-25-17-8-6-14(7-9-17)13-23-19(16(11-21-23)12-22-24)10-15-4-2-3-5-18(15)20/h2-9,11-12,24H,10,13H2,1H3/b22-12+. The van der Waals surface area contributed by atoms with E-state index >= 15 is 0 Å². The first-order valence-corrected chi connectivity index (χ1v) is 7.79. The van der Waals surface area contributed by atoms with Crippen LogP contribution in [0, 0.1) is 5.82 Å². The lowest BCUT2D eigenvalue weighted by atomic mass is 10.1. The maximum absolute atomic E-state index is 14.0. The van der Waals surface area contributed by atoms with Crippen molar-refractivity contribution in [3.8, 4) is 5.75 Å². The number of hydrogen-bond acceptors (Lipinski definition) is 4. The molecule has 0 bridgehead atoms. The maximum Gasteiger partial charge on any atom is 0.126 e. The van der Waals surface area contributed by atoms with Crippen LogP contribution in [0.2, 0.25) is 0 Å². The highest BCUT2D eigenvalue weighted by Crippen LogP contribution is 2.18. The second kappa shape index (κ2) is 7.61. The molecule has 1 heterocycles. The minimum atomic E-state index is -0.272. The Morgan fingerprint density at radius 3 is 2.64 bits per heavy atom. The Hall–Kier alpha value is -3.15. The van der Waals surface area contributed by atoms with E-state index in [0.717, 1.165) is 17.0 Å². The number of oxime groups is 1. The van der Waals surface area contributed by atoms with Crippen LogP contribution in [0.15, 0.2) is 59.9 Å². The van der Waals surface area contributed by atoms with Crippen molar-refractivity contribution in [3.05, 3.63) is 82.9 Å². The molecule has 0 aliphatic carbocycles. The monoisotopic (exact) mass is 339 g/mol. The van der Waals surface area contributed by atoms with Gasteiger partial charge in [-0.15, -0.1) is 0 Å². The fourth-order valence-corrected chi connectivity index (χ4v) is 2.65. The lowest BCUT2D eigenvalue weighted by Crippen LogP contribution is -2.09. The third-order valence-electron chi connectivity index (χ3n) is 3.98. The van der Waals surface area contributed by atoms with Gasteiger partial charge in [0.2, 0.25) is 0 Å². The average molecular weight is 339 g/mol. The summed E-state index contributed by atoms with van der Waals surface area (Å²) in [5.74, 6) is 0.510. The Kier molecular flexibility index (Phi) is 5.09. The summed E-state index contributed by atoms with van der Waals surface area (Å²) in [5, 5.41) is 16.3. The summed E-state index contributed by atoms with van der Waals surface area (Å²) in [7, 11) is 1.62. The van der Waals surface area contributed by atoms with E-state index in [1.165, 1.54) is 12.3 Å². The average Bonchev–Trinajstić information content (AvgIpc) is 3.00. The molecule has 0 fully saturated rings. The smallest absolute Gasteiger partial charge is 0.126 e. The minimum Gasteiger partial charge on any atom is -0.497 e. The molecular weight excluding hydrogens is 321 g/mol. The number of methoxy groups -OCH3 is 1. The van der Waals surface area contributed by atoms with E-state index in [4.69, 9.17) is 9.94 Å². The van der Waals surface area contributed by atoms with Crippen molar-refractivity contribution < 1.29 is 14.3 Å². The van der Waals surface area contributed by atoms with Crippen LogP contribution < -0.4 is 4.74 Å². The Labute approximate surface area is 145 Å². The van der Waals surface area contributed by atoms with Gasteiger partial charge >= 0.3 is 0 Å². The SMILES string of the molecule is COc1ccc(Cn2ncc(/C=N/O)c2Cc2ccccc2F)cc1. The Bertz CT molecular complexity index is 873. The van der Waals surface area contributed by atoms with Gasteiger partial charge in [-0.1, -0.05) is 35.5 Å². The second-order valence-electron chi connectivity index (χ2n) is 5.57. The van der Waals surface area contributed by atoms with Gasteiger partial charge in [-0.25, -0.2) is 4.39 Å². The molecule has 0 radical (unpaired) electrons. The number of hydrogen-bond donors (Lipinski definition) is 1. The third-order valence-corrected chi connectivity index (χ3v) is 3.98. The molecule has 25 heavy (non-hydrogen) atoms. The van der Waals surface area contributed by atoms with Gasteiger partial charge in [0.1, 0.15) is 11.6 Å². The summed E-state index contributed by atoms with van der Waals surface area (Å²) >= 11 is 0.